The lowest BCUT2D eigenvalue weighted by atomic mass is 10.2. The monoisotopic (exact) mass is 430 g/mol. The highest BCUT2D eigenvalue weighted by atomic mass is 35.5. The van der Waals surface area contributed by atoms with Gasteiger partial charge < -0.3 is 17.7 Å². The van der Waals surface area contributed by atoms with Gasteiger partial charge in [0.15, 0.2) is 5.13 Å². The molecule has 0 spiro atoms. The van der Waals surface area contributed by atoms with Crippen molar-refractivity contribution >= 4 is 26.5 Å². The van der Waals surface area contributed by atoms with Gasteiger partial charge in [-0.15, -0.1) is 11.3 Å². The molecule has 0 amide bonds. The van der Waals surface area contributed by atoms with E-state index in [1.54, 1.807) is 6.20 Å². The van der Waals surface area contributed by atoms with Crippen molar-refractivity contribution in [2.45, 2.75) is 24.8 Å². The number of halogens is 4. The number of pyridine rings is 1. The first kappa shape index (κ1) is 22.6. The van der Waals surface area contributed by atoms with E-state index in [9.17, 15) is 21.6 Å². The predicted molar refractivity (Wildman–Crippen MR) is 91.8 cm³/mol. The molecule has 12 heteroatoms. The lowest BCUT2D eigenvalue weighted by Crippen LogP contribution is -3.00. The number of anilines is 1. The number of sulfonamides is 1. The van der Waals surface area contributed by atoms with Crippen molar-refractivity contribution in [1.82, 2.24) is 14.7 Å². The molecule has 0 atom stereocenters. The van der Waals surface area contributed by atoms with Gasteiger partial charge in [-0.2, -0.15) is 13.2 Å². The van der Waals surface area contributed by atoms with Crippen molar-refractivity contribution in [3.63, 3.8) is 0 Å². The molecule has 6 nitrogen and oxygen atoms in total. The van der Waals surface area contributed by atoms with Crippen molar-refractivity contribution in [3.8, 4) is 11.4 Å². The first-order valence-electron chi connectivity index (χ1n) is 7.46. The minimum absolute atomic E-state index is 0. The standard InChI is InChI=1S/C14H17F3N4O2S2.ClH/c15-14(16,17)25(22,23)20-9-4-1-3-8-19-13-21-12(10-24-13)11-6-2-5-7-18-11;/h2,5-7,10,20H,1,3-4,8-9H2,(H,19,21);1H. The van der Waals surface area contributed by atoms with E-state index < -0.39 is 15.5 Å². The average molecular weight is 431 g/mol. The molecule has 0 aliphatic rings. The molecule has 0 aromatic carbocycles. The minimum Gasteiger partial charge on any atom is -1.00 e. The van der Waals surface area contributed by atoms with Crippen LogP contribution in [0.1, 0.15) is 20.7 Å². The molecule has 0 aliphatic heterocycles. The van der Waals surface area contributed by atoms with E-state index in [1.807, 2.05) is 23.6 Å². The lowest BCUT2D eigenvalue weighted by Gasteiger charge is -2.09. The van der Waals surface area contributed by atoms with Crippen LogP contribution >= 0.6 is 11.3 Å². The van der Waals surface area contributed by atoms with Gasteiger partial charge in [-0.25, -0.2) is 18.1 Å². The Kier molecular flexibility index (Phi) is 8.74. The molecule has 2 aromatic heterocycles. The maximum atomic E-state index is 12.1. The molecule has 0 aliphatic carbocycles. The van der Waals surface area contributed by atoms with Gasteiger partial charge in [-0.3, -0.25) is 4.98 Å². The van der Waals surface area contributed by atoms with Crippen molar-refractivity contribution in [1.29, 1.82) is 0 Å². The maximum Gasteiger partial charge on any atom is 1.00 e. The Labute approximate surface area is 161 Å². The van der Waals surface area contributed by atoms with E-state index >= 15 is 0 Å². The van der Waals surface area contributed by atoms with Crippen LogP contribution in [0.5, 0.6) is 0 Å². The number of thiazole rings is 1. The van der Waals surface area contributed by atoms with Gasteiger partial charge in [0.2, 0.25) is 0 Å². The summed E-state index contributed by atoms with van der Waals surface area (Å²) in [7, 11) is -5.24. The van der Waals surface area contributed by atoms with Gasteiger partial charge in [-0.05, 0) is 25.0 Å². The van der Waals surface area contributed by atoms with Crippen LogP contribution in [0.25, 0.3) is 11.4 Å². The molecule has 2 aromatic rings. The lowest BCUT2D eigenvalue weighted by molar-refractivity contribution is -0.0447. The summed E-state index contributed by atoms with van der Waals surface area (Å²) in [4.78, 5) is 8.61. The zero-order chi connectivity index (χ0) is 18.3. The Balaban J connectivity index is 0.00000338. The third-order valence-electron chi connectivity index (χ3n) is 3.16. The summed E-state index contributed by atoms with van der Waals surface area (Å²) < 4.78 is 59.4. The van der Waals surface area contributed by atoms with Crippen LogP contribution in [0.2, 0.25) is 0 Å². The molecule has 0 saturated heterocycles. The highest BCUT2D eigenvalue weighted by molar-refractivity contribution is 7.90. The smallest absolute Gasteiger partial charge is 1.00 e. The zero-order valence-electron chi connectivity index (χ0n) is 14.5. The Bertz CT molecular complexity index is 776. The minimum atomic E-state index is -5.26. The molecule has 0 radical (unpaired) electrons. The topological polar surface area (TPSA) is 84.0 Å². The molecule has 2 N–H and O–H groups in total. The molecule has 2 rings (SSSR count). The number of hydrogen-bond donors (Lipinski definition) is 2. The highest BCUT2D eigenvalue weighted by Gasteiger charge is 2.45. The van der Waals surface area contributed by atoms with E-state index in [2.05, 4.69) is 15.3 Å². The summed E-state index contributed by atoms with van der Waals surface area (Å²) >= 11 is 1.44. The van der Waals surface area contributed by atoms with Crippen molar-refractivity contribution in [2.75, 3.05) is 18.4 Å². The Morgan fingerprint density at radius 1 is 1.12 bits per heavy atom. The van der Waals surface area contributed by atoms with Gasteiger partial charge >= 0.3 is 17.0 Å². The summed E-state index contributed by atoms with van der Waals surface area (Å²) in [5.74, 6) is 0. The third kappa shape index (κ3) is 6.71. The summed E-state index contributed by atoms with van der Waals surface area (Å²) in [5, 5.41) is 5.75. The maximum absolute atomic E-state index is 12.1. The molecular formula is C14H18ClF3N4O2S2. The second-order valence-electron chi connectivity index (χ2n) is 5.08. The molecule has 0 bridgehead atoms. The second-order valence-corrected chi connectivity index (χ2v) is 7.70. The van der Waals surface area contributed by atoms with E-state index in [-0.39, 0.29) is 20.4 Å². The first-order chi connectivity index (χ1) is 11.8. The van der Waals surface area contributed by atoms with Crippen LogP contribution in [0, 0.1) is 0 Å². The van der Waals surface area contributed by atoms with E-state index in [4.69, 9.17) is 0 Å². The van der Waals surface area contributed by atoms with Crippen LogP contribution < -0.4 is 22.4 Å². The molecule has 2 heterocycles. The van der Waals surface area contributed by atoms with E-state index in [0.29, 0.717) is 25.8 Å². The van der Waals surface area contributed by atoms with E-state index in [1.165, 1.54) is 16.1 Å². The SMILES string of the molecule is O=S(=O)(NCCCCCNc1nc(-c2ccccn2)cs1)C(F)(F)F.[Cl-].[H+]. The first-order valence-corrected chi connectivity index (χ1v) is 9.82. The van der Waals surface area contributed by atoms with Gasteiger partial charge in [0, 0.05) is 24.7 Å². The summed E-state index contributed by atoms with van der Waals surface area (Å²) in [6.07, 6.45) is 3.29. The van der Waals surface area contributed by atoms with Crippen molar-refractivity contribution in [2.24, 2.45) is 0 Å². The van der Waals surface area contributed by atoms with Crippen molar-refractivity contribution < 1.29 is 35.4 Å². The molecule has 0 unspecified atom stereocenters. The fourth-order valence-electron chi connectivity index (χ4n) is 1.90. The van der Waals surface area contributed by atoms with Gasteiger partial charge in [0.05, 0.1) is 5.69 Å². The number of aromatic nitrogens is 2. The summed E-state index contributed by atoms with van der Waals surface area (Å²) in [5.41, 5.74) is -3.71. The molecular weight excluding hydrogens is 413 g/mol. The van der Waals surface area contributed by atoms with E-state index in [0.717, 1.165) is 16.5 Å². The van der Waals surface area contributed by atoms with Gasteiger partial charge in [-0.1, -0.05) is 12.5 Å². The number of rotatable bonds is 9. The number of nitrogens with zero attached hydrogens (tertiary/aromatic N) is 2. The number of unbranched alkanes of at least 4 members (excludes halogenated alkanes) is 2. The molecule has 26 heavy (non-hydrogen) atoms. The molecule has 0 saturated carbocycles. The predicted octanol–water partition coefficient (Wildman–Crippen LogP) is 0.343. The fraction of sp³-hybridized carbons (Fsp3) is 0.429. The normalized spacial score (nSPS) is 11.8. The van der Waals surface area contributed by atoms with Crippen LogP contribution in [-0.4, -0.2) is 37.0 Å². The zero-order valence-corrected chi connectivity index (χ0v) is 15.9. The average Bonchev–Trinajstić information content (AvgIpc) is 3.02. The van der Waals surface area contributed by atoms with Crippen molar-refractivity contribution in [3.05, 3.63) is 29.8 Å². The van der Waals surface area contributed by atoms with Crippen LogP contribution in [0.15, 0.2) is 29.8 Å². The van der Waals surface area contributed by atoms with Gasteiger partial charge in [0.1, 0.15) is 5.69 Å². The van der Waals surface area contributed by atoms with Crippen LogP contribution in [-0.2, 0) is 10.0 Å². The van der Waals surface area contributed by atoms with Gasteiger partial charge in [0.25, 0.3) is 0 Å². The largest absolute Gasteiger partial charge is 1.00 e. The quantitative estimate of drug-likeness (QED) is 0.561. The number of hydrogen-bond acceptors (Lipinski definition) is 6. The third-order valence-corrected chi connectivity index (χ3v) is 5.15. The number of nitrogens with one attached hydrogen (secondary N) is 2. The molecule has 0 fully saturated rings. The molecule has 146 valence electrons. The Morgan fingerprint density at radius 2 is 1.85 bits per heavy atom. The van der Waals surface area contributed by atoms with Crippen LogP contribution in [0.3, 0.4) is 0 Å². The summed E-state index contributed by atoms with van der Waals surface area (Å²) in [6.45, 7) is 0.365. The van der Waals surface area contributed by atoms with Crippen LogP contribution in [0.4, 0.5) is 18.3 Å². The highest BCUT2D eigenvalue weighted by Crippen LogP contribution is 2.23. The number of alkyl halides is 3. The fourth-order valence-corrected chi connectivity index (χ4v) is 3.21. The Hall–Kier alpha value is -1.43. The Morgan fingerprint density at radius 3 is 2.50 bits per heavy atom. The second kappa shape index (κ2) is 10.0. The summed E-state index contributed by atoms with van der Waals surface area (Å²) in [6, 6.07) is 5.56.